The van der Waals surface area contributed by atoms with Crippen LogP contribution in [0.2, 0.25) is 0 Å². The molecule has 0 aromatic heterocycles. The first-order valence-electron chi connectivity index (χ1n) is 9.91. The number of rotatable bonds is 15. The second-order valence-corrected chi connectivity index (χ2v) is 7.78. The molecule has 134 valence electrons. The SMILES string of the molecule is C=C(C)CCCCCCC=CCC(CC)CC(=C)CCC(C)C. The lowest BCUT2D eigenvalue weighted by Gasteiger charge is -2.15. The topological polar surface area (TPSA) is 0 Å². The van der Waals surface area contributed by atoms with E-state index in [9.17, 15) is 0 Å². The van der Waals surface area contributed by atoms with Crippen molar-refractivity contribution in [2.75, 3.05) is 0 Å². The fourth-order valence-corrected chi connectivity index (χ4v) is 2.85. The van der Waals surface area contributed by atoms with Crippen LogP contribution in [0.3, 0.4) is 0 Å². The monoisotopic (exact) mass is 318 g/mol. The van der Waals surface area contributed by atoms with Crippen LogP contribution in [0, 0.1) is 11.8 Å². The van der Waals surface area contributed by atoms with Crippen molar-refractivity contribution in [1.82, 2.24) is 0 Å². The summed E-state index contributed by atoms with van der Waals surface area (Å²) in [4.78, 5) is 0. The van der Waals surface area contributed by atoms with E-state index in [0.29, 0.717) is 0 Å². The fourth-order valence-electron chi connectivity index (χ4n) is 2.85. The summed E-state index contributed by atoms with van der Waals surface area (Å²) < 4.78 is 0. The Kier molecular flexibility index (Phi) is 14.3. The Morgan fingerprint density at radius 1 is 0.957 bits per heavy atom. The van der Waals surface area contributed by atoms with E-state index in [-0.39, 0.29) is 0 Å². The number of allylic oxidation sites excluding steroid dienone is 4. The van der Waals surface area contributed by atoms with E-state index in [1.165, 1.54) is 81.8 Å². The highest BCUT2D eigenvalue weighted by Crippen LogP contribution is 2.22. The summed E-state index contributed by atoms with van der Waals surface area (Å²) in [6.07, 6.45) is 18.9. The van der Waals surface area contributed by atoms with Gasteiger partial charge in [0.25, 0.3) is 0 Å². The molecule has 0 fully saturated rings. The molecule has 0 radical (unpaired) electrons. The fraction of sp³-hybridized carbons (Fsp3) is 0.739. The van der Waals surface area contributed by atoms with Crippen LogP contribution in [0.15, 0.2) is 36.5 Å². The molecule has 0 saturated carbocycles. The molecule has 0 heteroatoms. The average molecular weight is 319 g/mol. The zero-order valence-electron chi connectivity index (χ0n) is 16.5. The lowest BCUT2D eigenvalue weighted by atomic mass is 9.91. The predicted octanol–water partition coefficient (Wildman–Crippen LogP) is 8.26. The second-order valence-electron chi connectivity index (χ2n) is 7.78. The highest BCUT2D eigenvalue weighted by atomic mass is 14.1. The van der Waals surface area contributed by atoms with Gasteiger partial charge in [0.2, 0.25) is 0 Å². The lowest BCUT2D eigenvalue weighted by Crippen LogP contribution is -2.00. The molecule has 1 atom stereocenters. The number of hydrogen-bond donors (Lipinski definition) is 0. The predicted molar refractivity (Wildman–Crippen MR) is 108 cm³/mol. The van der Waals surface area contributed by atoms with Gasteiger partial charge in [-0.2, -0.15) is 0 Å². The van der Waals surface area contributed by atoms with Gasteiger partial charge < -0.3 is 0 Å². The zero-order chi connectivity index (χ0) is 17.5. The lowest BCUT2D eigenvalue weighted by molar-refractivity contribution is 0.490. The normalized spacial score (nSPS) is 12.9. The summed E-state index contributed by atoms with van der Waals surface area (Å²) in [6.45, 7) is 17.3. The van der Waals surface area contributed by atoms with Crippen molar-refractivity contribution < 1.29 is 0 Å². The van der Waals surface area contributed by atoms with Gasteiger partial charge in [-0.3, -0.25) is 0 Å². The van der Waals surface area contributed by atoms with Crippen LogP contribution in [0.1, 0.15) is 98.3 Å². The molecule has 1 unspecified atom stereocenters. The Balaban J connectivity index is 3.68. The first-order valence-corrected chi connectivity index (χ1v) is 9.91. The van der Waals surface area contributed by atoms with Crippen LogP contribution in [0.25, 0.3) is 0 Å². The minimum atomic E-state index is 0.793. The first-order chi connectivity index (χ1) is 11.0. The van der Waals surface area contributed by atoms with Gasteiger partial charge >= 0.3 is 0 Å². The van der Waals surface area contributed by atoms with Crippen molar-refractivity contribution in [2.24, 2.45) is 11.8 Å². The third-order valence-corrected chi connectivity index (χ3v) is 4.59. The van der Waals surface area contributed by atoms with Crippen LogP contribution in [0.5, 0.6) is 0 Å². The van der Waals surface area contributed by atoms with E-state index in [1.807, 2.05) is 0 Å². The van der Waals surface area contributed by atoms with Gasteiger partial charge in [0.05, 0.1) is 0 Å². The second kappa shape index (κ2) is 14.8. The van der Waals surface area contributed by atoms with E-state index < -0.39 is 0 Å². The van der Waals surface area contributed by atoms with E-state index >= 15 is 0 Å². The third-order valence-electron chi connectivity index (χ3n) is 4.59. The van der Waals surface area contributed by atoms with E-state index in [2.05, 4.69) is 53.0 Å². The number of unbranched alkanes of at least 4 members (excludes halogenated alkanes) is 4. The molecule has 23 heavy (non-hydrogen) atoms. The molecular formula is C23H42. The molecule has 0 rings (SSSR count). The molecule has 0 aliphatic heterocycles. The molecule has 0 aliphatic carbocycles. The minimum absolute atomic E-state index is 0.793. The minimum Gasteiger partial charge on any atom is -0.100 e. The smallest absolute Gasteiger partial charge is 0.0292 e. The highest BCUT2D eigenvalue weighted by molar-refractivity contribution is 4.97. The summed E-state index contributed by atoms with van der Waals surface area (Å²) in [5.41, 5.74) is 2.78. The maximum absolute atomic E-state index is 4.28. The van der Waals surface area contributed by atoms with Crippen LogP contribution in [-0.2, 0) is 0 Å². The Morgan fingerprint density at radius 2 is 1.65 bits per heavy atom. The zero-order valence-corrected chi connectivity index (χ0v) is 16.5. The molecule has 0 nitrogen and oxygen atoms in total. The Bertz CT molecular complexity index is 332. The Hall–Kier alpha value is -0.780. The summed E-state index contributed by atoms with van der Waals surface area (Å²) in [7, 11) is 0. The molecule has 0 amide bonds. The van der Waals surface area contributed by atoms with E-state index in [4.69, 9.17) is 0 Å². The van der Waals surface area contributed by atoms with Gasteiger partial charge in [-0.05, 0) is 70.1 Å². The van der Waals surface area contributed by atoms with Crippen molar-refractivity contribution in [2.45, 2.75) is 98.3 Å². The van der Waals surface area contributed by atoms with Gasteiger partial charge in [-0.25, -0.2) is 0 Å². The van der Waals surface area contributed by atoms with Crippen molar-refractivity contribution >= 4 is 0 Å². The molecule has 0 aromatic rings. The third kappa shape index (κ3) is 15.9. The van der Waals surface area contributed by atoms with Crippen LogP contribution >= 0.6 is 0 Å². The van der Waals surface area contributed by atoms with Gasteiger partial charge in [0, 0.05) is 0 Å². The largest absolute Gasteiger partial charge is 0.100 e. The van der Waals surface area contributed by atoms with E-state index in [0.717, 1.165) is 11.8 Å². The maximum atomic E-state index is 4.28. The molecular weight excluding hydrogens is 276 g/mol. The summed E-state index contributed by atoms with van der Waals surface area (Å²) >= 11 is 0. The molecule has 0 spiro atoms. The molecule has 0 bridgehead atoms. The molecule has 0 saturated heterocycles. The van der Waals surface area contributed by atoms with E-state index in [1.54, 1.807) is 0 Å². The average Bonchev–Trinajstić information content (AvgIpc) is 2.49. The van der Waals surface area contributed by atoms with Gasteiger partial charge in [-0.15, -0.1) is 6.58 Å². The first kappa shape index (κ1) is 22.2. The van der Waals surface area contributed by atoms with Crippen molar-refractivity contribution in [1.29, 1.82) is 0 Å². The van der Waals surface area contributed by atoms with Gasteiger partial charge in [0.1, 0.15) is 0 Å². The highest BCUT2D eigenvalue weighted by Gasteiger charge is 2.07. The van der Waals surface area contributed by atoms with Crippen LogP contribution in [-0.4, -0.2) is 0 Å². The van der Waals surface area contributed by atoms with Crippen LogP contribution < -0.4 is 0 Å². The van der Waals surface area contributed by atoms with Gasteiger partial charge in [-0.1, -0.05) is 69.9 Å². The Morgan fingerprint density at radius 3 is 2.26 bits per heavy atom. The van der Waals surface area contributed by atoms with Crippen molar-refractivity contribution in [3.63, 3.8) is 0 Å². The summed E-state index contributed by atoms with van der Waals surface area (Å²) in [5, 5.41) is 0. The Labute approximate surface area is 147 Å². The maximum Gasteiger partial charge on any atom is -0.0292 e. The molecule has 0 heterocycles. The summed E-state index contributed by atoms with van der Waals surface area (Å²) in [6, 6.07) is 0. The standard InChI is InChI=1S/C23H42/c1-7-23(19-22(6)18-17-21(4)5)16-14-12-10-8-9-11-13-15-20(2)3/h12,14,21,23H,2,6-11,13,15-19H2,1,3-5H3. The van der Waals surface area contributed by atoms with Crippen molar-refractivity contribution in [3.8, 4) is 0 Å². The van der Waals surface area contributed by atoms with Crippen molar-refractivity contribution in [3.05, 3.63) is 36.5 Å². The van der Waals surface area contributed by atoms with Gasteiger partial charge in [0.15, 0.2) is 0 Å². The summed E-state index contributed by atoms with van der Waals surface area (Å²) in [5.74, 6) is 1.59. The number of hydrogen-bond acceptors (Lipinski definition) is 0. The molecule has 0 N–H and O–H groups in total. The van der Waals surface area contributed by atoms with Crippen LogP contribution in [0.4, 0.5) is 0 Å². The quantitative estimate of drug-likeness (QED) is 0.210. The molecule has 0 aliphatic rings. The molecule has 0 aromatic carbocycles.